The summed E-state index contributed by atoms with van der Waals surface area (Å²) in [4.78, 5) is 5.29. The molecule has 0 N–H and O–H groups in total. The van der Waals surface area contributed by atoms with Crippen LogP contribution in [-0.4, -0.2) is 60.3 Å². The quantitative estimate of drug-likeness (QED) is 0.729. The predicted molar refractivity (Wildman–Crippen MR) is 99.0 cm³/mol. The van der Waals surface area contributed by atoms with Gasteiger partial charge in [-0.2, -0.15) is 0 Å². The van der Waals surface area contributed by atoms with Gasteiger partial charge in [0.2, 0.25) is 0 Å². The minimum Gasteiger partial charge on any atom is -0.373 e. The van der Waals surface area contributed by atoms with Gasteiger partial charge in [-0.15, -0.1) is 0 Å². The van der Waals surface area contributed by atoms with Gasteiger partial charge in [-0.1, -0.05) is 0 Å². The zero-order chi connectivity index (χ0) is 16.9. The third-order valence-corrected chi connectivity index (χ3v) is 5.52. The second-order valence-corrected chi connectivity index (χ2v) is 8.99. The molecule has 0 aromatic heterocycles. The average Bonchev–Trinajstić information content (AvgIpc) is 2.48. The summed E-state index contributed by atoms with van der Waals surface area (Å²) in [5, 5.41) is 0. The zero-order valence-corrected chi connectivity index (χ0v) is 16.3. The Labute approximate surface area is 144 Å². The highest BCUT2D eigenvalue weighted by atomic mass is 16.5. The summed E-state index contributed by atoms with van der Waals surface area (Å²) in [7, 11) is 0. The van der Waals surface area contributed by atoms with Crippen molar-refractivity contribution in [2.45, 2.75) is 90.9 Å². The highest BCUT2D eigenvalue weighted by Crippen LogP contribution is 2.24. The Bertz CT molecular complexity index is 321. The SMILES string of the molecule is CC(C)N1CCC(CCCN2CCC(OC(C)(C)C)CC2)CC1. The lowest BCUT2D eigenvalue weighted by atomic mass is 9.91. The molecule has 2 saturated heterocycles. The second kappa shape index (κ2) is 8.82. The first-order chi connectivity index (χ1) is 10.8. The van der Waals surface area contributed by atoms with Gasteiger partial charge in [-0.25, -0.2) is 0 Å². The number of likely N-dealkylation sites (tertiary alicyclic amines) is 2. The van der Waals surface area contributed by atoms with Crippen LogP contribution in [0.3, 0.4) is 0 Å². The molecule has 0 saturated carbocycles. The Balaban J connectivity index is 1.55. The van der Waals surface area contributed by atoms with E-state index in [-0.39, 0.29) is 5.60 Å². The summed E-state index contributed by atoms with van der Waals surface area (Å²) in [5.41, 5.74) is 0.0116. The molecule has 2 heterocycles. The summed E-state index contributed by atoms with van der Waals surface area (Å²) in [6.45, 7) is 17.6. The smallest absolute Gasteiger partial charge is 0.0606 e. The number of ether oxygens (including phenoxy) is 1. The van der Waals surface area contributed by atoms with E-state index < -0.39 is 0 Å². The van der Waals surface area contributed by atoms with Crippen molar-refractivity contribution in [3.63, 3.8) is 0 Å². The van der Waals surface area contributed by atoms with Crippen LogP contribution in [-0.2, 0) is 4.74 Å². The van der Waals surface area contributed by atoms with Crippen LogP contribution in [0.15, 0.2) is 0 Å². The standard InChI is InChI=1S/C20H40N2O/c1-17(2)22-15-8-18(9-16-22)7-6-12-21-13-10-19(11-14-21)23-20(3,4)5/h17-19H,6-16H2,1-5H3. The fraction of sp³-hybridized carbons (Fsp3) is 1.00. The summed E-state index contributed by atoms with van der Waals surface area (Å²) < 4.78 is 6.12. The Morgan fingerprint density at radius 2 is 1.57 bits per heavy atom. The van der Waals surface area contributed by atoms with Crippen molar-refractivity contribution in [1.82, 2.24) is 9.80 Å². The zero-order valence-electron chi connectivity index (χ0n) is 16.3. The van der Waals surface area contributed by atoms with Crippen molar-refractivity contribution in [2.75, 3.05) is 32.7 Å². The molecule has 136 valence electrons. The van der Waals surface area contributed by atoms with E-state index in [9.17, 15) is 0 Å². The van der Waals surface area contributed by atoms with E-state index in [1.807, 2.05) is 0 Å². The van der Waals surface area contributed by atoms with Gasteiger partial charge in [0.25, 0.3) is 0 Å². The van der Waals surface area contributed by atoms with E-state index in [0.717, 1.165) is 12.0 Å². The highest BCUT2D eigenvalue weighted by Gasteiger charge is 2.24. The van der Waals surface area contributed by atoms with E-state index >= 15 is 0 Å². The first-order valence-electron chi connectivity index (χ1n) is 9.98. The monoisotopic (exact) mass is 324 g/mol. The van der Waals surface area contributed by atoms with Gasteiger partial charge in [0.1, 0.15) is 0 Å². The molecule has 0 spiro atoms. The summed E-state index contributed by atoms with van der Waals surface area (Å²) in [5.74, 6) is 0.978. The predicted octanol–water partition coefficient (Wildman–Crippen LogP) is 4.17. The van der Waals surface area contributed by atoms with Crippen LogP contribution in [0.1, 0.15) is 73.1 Å². The molecule has 0 aliphatic carbocycles. The van der Waals surface area contributed by atoms with Crippen molar-refractivity contribution in [3.8, 4) is 0 Å². The molecule has 2 aliphatic rings. The van der Waals surface area contributed by atoms with Gasteiger partial charge in [-0.3, -0.25) is 0 Å². The van der Waals surface area contributed by atoms with Crippen molar-refractivity contribution in [1.29, 1.82) is 0 Å². The van der Waals surface area contributed by atoms with Crippen LogP contribution in [0.25, 0.3) is 0 Å². The maximum absolute atomic E-state index is 6.12. The molecule has 3 heteroatoms. The van der Waals surface area contributed by atoms with Gasteiger partial charge in [0.05, 0.1) is 11.7 Å². The van der Waals surface area contributed by atoms with Gasteiger partial charge < -0.3 is 14.5 Å². The molecule has 0 unspecified atom stereocenters. The molecule has 3 nitrogen and oxygen atoms in total. The van der Waals surface area contributed by atoms with Gasteiger partial charge >= 0.3 is 0 Å². The van der Waals surface area contributed by atoms with Gasteiger partial charge in [0.15, 0.2) is 0 Å². The molecule has 0 aromatic rings. The molecule has 0 amide bonds. The molecule has 0 radical (unpaired) electrons. The molecule has 0 atom stereocenters. The minimum atomic E-state index is 0.0116. The average molecular weight is 325 g/mol. The number of nitrogens with zero attached hydrogens (tertiary/aromatic N) is 2. The highest BCUT2D eigenvalue weighted by molar-refractivity contribution is 4.77. The van der Waals surface area contributed by atoms with Gasteiger partial charge in [0, 0.05) is 19.1 Å². The molecule has 23 heavy (non-hydrogen) atoms. The largest absolute Gasteiger partial charge is 0.373 e. The van der Waals surface area contributed by atoms with Crippen molar-refractivity contribution >= 4 is 0 Å². The first kappa shape index (κ1) is 19.2. The summed E-state index contributed by atoms with van der Waals surface area (Å²) in [6, 6.07) is 0.729. The third-order valence-electron chi connectivity index (χ3n) is 5.52. The Morgan fingerprint density at radius 3 is 2.09 bits per heavy atom. The van der Waals surface area contributed by atoms with Crippen LogP contribution in [0.2, 0.25) is 0 Å². The molecule has 0 aromatic carbocycles. The molecule has 0 bridgehead atoms. The maximum Gasteiger partial charge on any atom is 0.0606 e. The number of piperidine rings is 2. The van der Waals surface area contributed by atoms with Crippen molar-refractivity contribution < 1.29 is 4.74 Å². The van der Waals surface area contributed by atoms with Crippen molar-refractivity contribution in [2.24, 2.45) is 5.92 Å². The number of rotatable bonds is 6. The topological polar surface area (TPSA) is 15.7 Å². The van der Waals surface area contributed by atoms with E-state index in [0.29, 0.717) is 6.10 Å². The van der Waals surface area contributed by atoms with Crippen LogP contribution in [0.4, 0.5) is 0 Å². The normalized spacial score (nSPS) is 23.7. The lowest BCUT2D eigenvalue weighted by molar-refractivity contribution is -0.0821. The molecular formula is C20H40N2O. The van der Waals surface area contributed by atoms with Crippen LogP contribution in [0.5, 0.6) is 0 Å². The van der Waals surface area contributed by atoms with E-state index in [1.165, 1.54) is 71.2 Å². The van der Waals surface area contributed by atoms with Crippen LogP contribution < -0.4 is 0 Å². The van der Waals surface area contributed by atoms with E-state index in [1.54, 1.807) is 0 Å². The fourth-order valence-corrected chi connectivity index (χ4v) is 4.11. The van der Waals surface area contributed by atoms with Crippen LogP contribution >= 0.6 is 0 Å². The minimum absolute atomic E-state index is 0.0116. The van der Waals surface area contributed by atoms with Crippen molar-refractivity contribution in [3.05, 3.63) is 0 Å². The summed E-state index contributed by atoms with van der Waals surface area (Å²) >= 11 is 0. The maximum atomic E-state index is 6.12. The molecule has 2 aliphatic heterocycles. The lowest BCUT2D eigenvalue weighted by Gasteiger charge is -2.36. The third kappa shape index (κ3) is 7.11. The van der Waals surface area contributed by atoms with Gasteiger partial charge in [-0.05, 0) is 98.7 Å². The summed E-state index contributed by atoms with van der Waals surface area (Å²) in [6.07, 6.45) is 8.56. The Hall–Kier alpha value is -0.120. The molecule has 2 fully saturated rings. The van der Waals surface area contributed by atoms with E-state index in [4.69, 9.17) is 4.74 Å². The second-order valence-electron chi connectivity index (χ2n) is 8.99. The Morgan fingerprint density at radius 1 is 0.957 bits per heavy atom. The molecular weight excluding hydrogens is 284 g/mol. The number of hydrogen-bond donors (Lipinski definition) is 0. The first-order valence-corrected chi connectivity index (χ1v) is 9.98. The van der Waals surface area contributed by atoms with E-state index in [2.05, 4.69) is 44.4 Å². The Kier molecular flexibility index (Phi) is 7.37. The number of hydrogen-bond acceptors (Lipinski definition) is 3. The van der Waals surface area contributed by atoms with Crippen LogP contribution in [0, 0.1) is 5.92 Å². The lowest BCUT2D eigenvalue weighted by Crippen LogP contribution is -2.40. The molecule has 2 rings (SSSR count). The fourth-order valence-electron chi connectivity index (χ4n) is 4.11.